The Hall–Kier alpha value is -2.51. The predicted octanol–water partition coefficient (Wildman–Crippen LogP) is 2.58. The van der Waals surface area contributed by atoms with Gasteiger partial charge in [0, 0.05) is 45.7 Å². The Morgan fingerprint density at radius 1 is 1.07 bits per heavy atom. The van der Waals surface area contributed by atoms with Gasteiger partial charge in [-0.1, -0.05) is 30.3 Å². The zero-order chi connectivity index (χ0) is 19.3. The Morgan fingerprint density at radius 3 is 2.79 bits per heavy atom. The summed E-state index contributed by atoms with van der Waals surface area (Å²) in [6.45, 7) is 4.69. The molecule has 1 aliphatic rings. The average molecular weight is 397 g/mol. The molecule has 4 rings (SSSR count). The van der Waals surface area contributed by atoms with Crippen LogP contribution in [0, 0.1) is 0 Å². The standard InChI is InChI=1S/C21H24N4O2S/c26-19(7-11-25-16-22-20-18(21(25)27)8-14-28-20)24-10-4-9-23(12-13-24)15-17-5-2-1-3-6-17/h1-3,5-6,8,14,16H,4,7,9-13,15H2. The maximum Gasteiger partial charge on any atom is 0.262 e. The second-order valence-corrected chi connectivity index (χ2v) is 8.02. The lowest BCUT2D eigenvalue weighted by molar-refractivity contribution is -0.131. The number of nitrogens with zero attached hydrogens (tertiary/aromatic N) is 4. The minimum absolute atomic E-state index is 0.0658. The molecule has 0 atom stereocenters. The molecule has 0 saturated carbocycles. The smallest absolute Gasteiger partial charge is 0.262 e. The lowest BCUT2D eigenvalue weighted by atomic mass is 10.2. The third-order valence-electron chi connectivity index (χ3n) is 5.21. The number of hydrogen-bond acceptors (Lipinski definition) is 5. The Labute approximate surface area is 168 Å². The van der Waals surface area contributed by atoms with Crippen LogP contribution in [0.1, 0.15) is 18.4 Å². The van der Waals surface area contributed by atoms with E-state index in [2.05, 4.69) is 34.1 Å². The van der Waals surface area contributed by atoms with Gasteiger partial charge in [-0.05, 0) is 23.4 Å². The van der Waals surface area contributed by atoms with Crippen molar-refractivity contribution in [3.63, 3.8) is 0 Å². The van der Waals surface area contributed by atoms with Gasteiger partial charge in [-0.2, -0.15) is 0 Å². The maximum atomic E-state index is 12.7. The maximum absolute atomic E-state index is 12.7. The summed E-state index contributed by atoms with van der Waals surface area (Å²) in [5, 5.41) is 2.50. The first-order valence-electron chi connectivity index (χ1n) is 9.67. The normalized spacial score (nSPS) is 15.6. The topological polar surface area (TPSA) is 58.4 Å². The number of rotatable bonds is 5. The molecule has 6 nitrogen and oxygen atoms in total. The van der Waals surface area contributed by atoms with Crippen molar-refractivity contribution in [2.45, 2.75) is 25.9 Å². The van der Waals surface area contributed by atoms with Gasteiger partial charge in [-0.15, -0.1) is 11.3 Å². The minimum Gasteiger partial charge on any atom is -0.341 e. The van der Waals surface area contributed by atoms with Crippen LogP contribution in [-0.4, -0.2) is 51.4 Å². The molecule has 7 heteroatoms. The van der Waals surface area contributed by atoms with Gasteiger partial charge >= 0.3 is 0 Å². The molecular weight excluding hydrogens is 372 g/mol. The van der Waals surface area contributed by atoms with Crippen molar-refractivity contribution in [1.82, 2.24) is 19.4 Å². The van der Waals surface area contributed by atoms with E-state index in [0.29, 0.717) is 18.4 Å². The van der Waals surface area contributed by atoms with Gasteiger partial charge < -0.3 is 4.90 Å². The van der Waals surface area contributed by atoms with E-state index in [1.54, 1.807) is 17.0 Å². The molecule has 0 spiro atoms. The van der Waals surface area contributed by atoms with Gasteiger partial charge in [-0.3, -0.25) is 19.1 Å². The highest BCUT2D eigenvalue weighted by Gasteiger charge is 2.19. The quantitative estimate of drug-likeness (QED) is 0.665. The lowest BCUT2D eigenvalue weighted by Gasteiger charge is -2.22. The van der Waals surface area contributed by atoms with Crippen LogP contribution in [-0.2, 0) is 17.9 Å². The van der Waals surface area contributed by atoms with Gasteiger partial charge in [0.15, 0.2) is 0 Å². The predicted molar refractivity (Wildman–Crippen MR) is 111 cm³/mol. The van der Waals surface area contributed by atoms with Gasteiger partial charge in [-0.25, -0.2) is 4.98 Å². The van der Waals surface area contributed by atoms with Crippen molar-refractivity contribution < 1.29 is 4.79 Å². The first-order chi connectivity index (χ1) is 13.7. The van der Waals surface area contributed by atoms with Crippen LogP contribution in [0.4, 0.5) is 0 Å². The average Bonchev–Trinajstić information content (AvgIpc) is 3.08. The molecular formula is C21H24N4O2S. The molecule has 146 valence electrons. The highest BCUT2D eigenvalue weighted by atomic mass is 32.1. The van der Waals surface area contributed by atoms with E-state index < -0.39 is 0 Å². The minimum atomic E-state index is -0.0658. The second kappa shape index (κ2) is 8.67. The van der Waals surface area contributed by atoms with Crippen molar-refractivity contribution in [3.05, 3.63) is 64.0 Å². The summed E-state index contributed by atoms with van der Waals surface area (Å²) in [5.41, 5.74) is 1.24. The molecule has 0 N–H and O–H groups in total. The van der Waals surface area contributed by atoms with Crippen LogP contribution in [0.5, 0.6) is 0 Å². The molecule has 2 aromatic heterocycles. The molecule has 1 aromatic carbocycles. The molecule has 1 aliphatic heterocycles. The Bertz CT molecular complexity index is 998. The van der Waals surface area contributed by atoms with E-state index in [9.17, 15) is 9.59 Å². The summed E-state index contributed by atoms with van der Waals surface area (Å²) in [6.07, 6.45) is 2.86. The number of carbonyl (C=O) groups is 1. The van der Waals surface area contributed by atoms with Crippen molar-refractivity contribution >= 4 is 27.5 Å². The summed E-state index contributed by atoms with van der Waals surface area (Å²) < 4.78 is 1.55. The number of carbonyl (C=O) groups excluding carboxylic acids is 1. The van der Waals surface area contributed by atoms with Crippen LogP contribution in [0.15, 0.2) is 52.9 Å². The fourth-order valence-electron chi connectivity index (χ4n) is 3.65. The fourth-order valence-corrected chi connectivity index (χ4v) is 4.37. The number of aryl methyl sites for hydroxylation is 1. The summed E-state index contributed by atoms with van der Waals surface area (Å²) in [5.74, 6) is 0.110. The Kier molecular flexibility index (Phi) is 5.83. The zero-order valence-corrected chi connectivity index (χ0v) is 16.6. The molecule has 3 heterocycles. The Balaban J connectivity index is 1.32. The molecule has 3 aromatic rings. The molecule has 0 bridgehead atoms. The highest BCUT2D eigenvalue weighted by Crippen LogP contribution is 2.14. The molecule has 1 amide bonds. The monoisotopic (exact) mass is 396 g/mol. The highest BCUT2D eigenvalue weighted by molar-refractivity contribution is 7.16. The molecule has 0 radical (unpaired) electrons. The van der Waals surface area contributed by atoms with Gasteiger partial charge in [0.1, 0.15) is 4.83 Å². The van der Waals surface area contributed by atoms with Crippen LogP contribution >= 0.6 is 11.3 Å². The molecule has 0 unspecified atom stereocenters. The van der Waals surface area contributed by atoms with E-state index in [1.807, 2.05) is 16.3 Å². The molecule has 1 fully saturated rings. The van der Waals surface area contributed by atoms with Crippen LogP contribution in [0.2, 0.25) is 0 Å². The molecule has 28 heavy (non-hydrogen) atoms. The van der Waals surface area contributed by atoms with Crippen molar-refractivity contribution in [1.29, 1.82) is 0 Å². The van der Waals surface area contributed by atoms with Crippen molar-refractivity contribution in [3.8, 4) is 0 Å². The number of thiophene rings is 1. The first-order valence-corrected chi connectivity index (χ1v) is 10.6. The second-order valence-electron chi connectivity index (χ2n) is 7.13. The van der Waals surface area contributed by atoms with Gasteiger partial charge in [0.25, 0.3) is 5.56 Å². The van der Waals surface area contributed by atoms with Gasteiger partial charge in [0.05, 0.1) is 11.7 Å². The SMILES string of the molecule is O=C(CCn1cnc2sccc2c1=O)N1CCCN(Cc2ccccc2)CC1. The lowest BCUT2D eigenvalue weighted by Crippen LogP contribution is -2.36. The zero-order valence-electron chi connectivity index (χ0n) is 15.8. The summed E-state index contributed by atoms with van der Waals surface area (Å²) >= 11 is 1.46. The van der Waals surface area contributed by atoms with E-state index in [1.165, 1.54) is 16.9 Å². The van der Waals surface area contributed by atoms with Crippen LogP contribution in [0.3, 0.4) is 0 Å². The summed E-state index contributed by atoms with van der Waals surface area (Å²) in [6, 6.07) is 12.2. The van der Waals surface area contributed by atoms with E-state index in [4.69, 9.17) is 0 Å². The third kappa shape index (κ3) is 4.31. The van der Waals surface area contributed by atoms with Crippen LogP contribution < -0.4 is 5.56 Å². The van der Waals surface area contributed by atoms with E-state index in [-0.39, 0.29) is 11.5 Å². The van der Waals surface area contributed by atoms with E-state index in [0.717, 1.165) is 44.0 Å². The summed E-state index contributed by atoms with van der Waals surface area (Å²) in [7, 11) is 0. The number of benzene rings is 1. The van der Waals surface area contributed by atoms with E-state index >= 15 is 0 Å². The number of hydrogen-bond donors (Lipinski definition) is 0. The van der Waals surface area contributed by atoms with Gasteiger partial charge in [0.2, 0.25) is 5.91 Å². The third-order valence-corrected chi connectivity index (χ3v) is 6.03. The first kappa shape index (κ1) is 18.8. The molecule has 1 saturated heterocycles. The molecule has 0 aliphatic carbocycles. The van der Waals surface area contributed by atoms with Crippen molar-refractivity contribution in [2.75, 3.05) is 26.2 Å². The number of amides is 1. The van der Waals surface area contributed by atoms with Crippen LogP contribution in [0.25, 0.3) is 10.2 Å². The van der Waals surface area contributed by atoms with Crippen molar-refractivity contribution in [2.24, 2.45) is 0 Å². The fraction of sp³-hybridized carbons (Fsp3) is 0.381. The number of aromatic nitrogens is 2. The summed E-state index contributed by atoms with van der Waals surface area (Å²) in [4.78, 5) is 34.5. The largest absolute Gasteiger partial charge is 0.341 e. The Morgan fingerprint density at radius 2 is 1.93 bits per heavy atom. The number of fused-ring (bicyclic) bond motifs is 1.